The summed E-state index contributed by atoms with van der Waals surface area (Å²) >= 11 is 0. The number of rotatable bonds is 4. The maximum absolute atomic E-state index is 15.8. The number of ether oxygens (including phenoxy) is 1. The summed E-state index contributed by atoms with van der Waals surface area (Å²) in [5, 5.41) is 0. The highest BCUT2D eigenvalue weighted by atomic mass is 19.3. The Labute approximate surface area is 273 Å². The normalized spacial score (nSPS) is 18.1. The molecule has 53 heavy (non-hydrogen) atoms. The molecule has 0 saturated heterocycles. The fraction of sp³-hybridized carbons (Fsp3) is 0.107. The zero-order valence-electron chi connectivity index (χ0n) is 23.5. The zero-order valence-corrected chi connectivity index (χ0v) is 23.5. The second-order valence-corrected chi connectivity index (χ2v) is 10.1. The second kappa shape index (κ2) is 12.2. The lowest BCUT2D eigenvalue weighted by Gasteiger charge is -2.43. The fourth-order valence-electron chi connectivity index (χ4n) is 5.04. The third-order valence-corrected chi connectivity index (χ3v) is 7.34. The van der Waals surface area contributed by atoms with Crippen LogP contribution in [0.25, 0.3) is 11.1 Å². The first-order valence-electron chi connectivity index (χ1n) is 12.7. The molecule has 0 spiro atoms. The average molecular weight is 803 g/mol. The standard InChI is InChI=1S/C28F23NO/c29-6-1(2-8(31)16(39)22(45)17(40)9(2)32)7(30)13(36)4(12(6)35)26(5-14(37)20(43)24(47)21(44)15(5)38)28(50,51)53-27(48,49)25(52-26)3-10(33)18(41)23(46)19(42)11(3)34. The van der Waals surface area contributed by atoms with E-state index in [1.165, 1.54) is 0 Å². The molecule has 5 rings (SSSR count). The molecular weight excluding hydrogens is 803 g/mol. The number of hydrogen-bond donors (Lipinski definition) is 0. The van der Waals surface area contributed by atoms with E-state index in [4.69, 9.17) is 0 Å². The Morgan fingerprint density at radius 1 is 0.302 bits per heavy atom. The van der Waals surface area contributed by atoms with Crippen molar-refractivity contribution in [3.8, 4) is 11.1 Å². The summed E-state index contributed by atoms with van der Waals surface area (Å²) in [6.45, 7) is 0. The van der Waals surface area contributed by atoms with Crippen molar-refractivity contribution in [2.24, 2.45) is 4.99 Å². The first kappa shape index (κ1) is 39.1. The Morgan fingerprint density at radius 2 is 0.528 bits per heavy atom. The molecule has 0 amide bonds. The average Bonchev–Trinajstić information content (AvgIpc) is 3.08. The number of benzene rings is 4. The third-order valence-electron chi connectivity index (χ3n) is 7.34. The molecule has 1 aliphatic rings. The van der Waals surface area contributed by atoms with E-state index in [2.05, 4.69) is 4.74 Å². The Hall–Kier alpha value is -5.10. The summed E-state index contributed by atoms with van der Waals surface area (Å²) in [5.41, 5.74) is -27.1. The summed E-state index contributed by atoms with van der Waals surface area (Å²) in [6, 6.07) is 0. The van der Waals surface area contributed by atoms with Gasteiger partial charge in [-0.1, -0.05) is 0 Å². The second-order valence-electron chi connectivity index (χ2n) is 10.1. The van der Waals surface area contributed by atoms with Crippen molar-refractivity contribution in [3.63, 3.8) is 0 Å². The molecule has 0 aliphatic carbocycles. The summed E-state index contributed by atoms with van der Waals surface area (Å²) in [4.78, 5) is 1.87. The predicted molar refractivity (Wildman–Crippen MR) is 122 cm³/mol. The molecule has 0 fully saturated rings. The van der Waals surface area contributed by atoms with E-state index in [9.17, 15) is 65.9 Å². The highest BCUT2D eigenvalue weighted by molar-refractivity contribution is 6.06. The zero-order chi connectivity index (χ0) is 40.3. The van der Waals surface area contributed by atoms with Crippen LogP contribution in [0.1, 0.15) is 16.7 Å². The van der Waals surface area contributed by atoms with Gasteiger partial charge in [0.15, 0.2) is 93.1 Å². The third kappa shape index (κ3) is 5.04. The van der Waals surface area contributed by atoms with Gasteiger partial charge in [0.2, 0.25) is 23.0 Å². The molecule has 4 aromatic rings. The van der Waals surface area contributed by atoms with E-state index in [-0.39, 0.29) is 0 Å². The van der Waals surface area contributed by atoms with Gasteiger partial charge in [0, 0.05) is 0 Å². The van der Waals surface area contributed by atoms with Crippen LogP contribution in [0, 0.1) is 111 Å². The van der Waals surface area contributed by atoms with Gasteiger partial charge in [0.05, 0.1) is 27.8 Å². The topological polar surface area (TPSA) is 21.6 Å². The van der Waals surface area contributed by atoms with Crippen LogP contribution in [0.3, 0.4) is 0 Å². The van der Waals surface area contributed by atoms with Gasteiger partial charge in [-0.25, -0.2) is 88.2 Å². The van der Waals surface area contributed by atoms with Crippen LogP contribution < -0.4 is 0 Å². The van der Waals surface area contributed by atoms with Crippen LogP contribution >= 0.6 is 0 Å². The minimum Gasteiger partial charge on any atom is -0.254 e. The smallest absolute Gasteiger partial charge is 0.254 e. The molecule has 2 nitrogen and oxygen atoms in total. The predicted octanol–water partition coefficient (Wildman–Crippen LogP) is 9.95. The van der Waals surface area contributed by atoms with Crippen LogP contribution in [0.15, 0.2) is 4.99 Å². The van der Waals surface area contributed by atoms with E-state index in [1.807, 2.05) is 4.99 Å². The number of halogens is 23. The molecule has 1 heterocycles. The minimum atomic E-state index is -7.03. The molecule has 0 radical (unpaired) electrons. The van der Waals surface area contributed by atoms with Crippen molar-refractivity contribution in [2.75, 3.05) is 0 Å². The minimum absolute atomic E-state index is 1.87. The van der Waals surface area contributed by atoms with E-state index in [0.29, 0.717) is 0 Å². The van der Waals surface area contributed by atoms with Crippen molar-refractivity contribution < 1.29 is 106 Å². The first-order valence-corrected chi connectivity index (χ1v) is 12.7. The van der Waals surface area contributed by atoms with Crippen molar-refractivity contribution in [3.05, 3.63) is 127 Å². The van der Waals surface area contributed by atoms with Crippen molar-refractivity contribution in [2.45, 2.75) is 17.8 Å². The lowest BCUT2D eigenvalue weighted by Crippen LogP contribution is -2.59. The van der Waals surface area contributed by atoms with Crippen LogP contribution in [0.4, 0.5) is 101 Å². The molecule has 0 saturated carbocycles. The molecule has 0 N–H and O–H groups in total. The highest BCUT2D eigenvalue weighted by Crippen LogP contribution is 2.57. The largest absolute Gasteiger partial charge is 0.405 e. The van der Waals surface area contributed by atoms with Crippen LogP contribution in [0.2, 0.25) is 0 Å². The number of alkyl halides is 4. The summed E-state index contributed by atoms with van der Waals surface area (Å²) in [7, 11) is 0. The van der Waals surface area contributed by atoms with Gasteiger partial charge in [-0.05, 0) is 0 Å². The van der Waals surface area contributed by atoms with E-state index in [1.54, 1.807) is 0 Å². The molecule has 284 valence electrons. The lowest BCUT2D eigenvalue weighted by molar-refractivity contribution is -0.375. The Bertz CT molecular complexity index is 2220. The van der Waals surface area contributed by atoms with Gasteiger partial charge in [-0.2, -0.15) is 17.6 Å². The quantitative estimate of drug-likeness (QED) is 0.114. The Kier molecular flexibility index (Phi) is 9.02. The number of hydrogen-bond acceptors (Lipinski definition) is 2. The van der Waals surface area contributed by atoms with Gasteiger partial charge in [-0.3, -0.25) is 4.99 Å². The maximum atomic E-state index is 15.8. The van der Waals surface area contributed by atoms with Crippen molar-refractivity contribution in [1.82, 2.24) is 0 Å². The summed E-state index contributed by atoms with van der Waals surface area (Å²) < 4.78 is 341. The van der Waals surface area contributed by atoms with Crippen molar-refractivity contribution >= 4 is 5.71 Å². The van der Waals surface area contributed by atoms with Gasteiger partial charge in [-0.15, -0.1) is 0 Å². The molecule has 1 unspecified atom stereocenters. The molecular formula is C28F23NO. The van der Waals surface area contributed by atoms with Gasteiger partial charge < -0.3 is 0 Å². The lowest BCUT2D eigenvalue weighted by atomic mass is 9.78. The number of aliphatic imine (C=N–C) groups is 1. The monoisotopic (exact) mass is 803 g/mol. The maximum Gasteiger partial charge on any atom is 0.405 e. The van der Waals surface area contributed by atoms with E-state index < -0.39 is 162 Å². The van der Waals surface area contributed by atoms with Crippen molar-refractivity contribution in [1.29, 1.82) is 0 Å². The van der Waals surface area contributed by atoms with Crippen LogP contribution in [-0.2, 0) is 10.3 Å². The Morgan fingerprint density at radius 3 is 0.849 bits per heavy atom. The molecule has 1 aliphatic heterocycles. The van der Waals surface area contributed by atoms with Gasteiger partial charge in [0.25, 0.3) is 0 Å². The molecule has 4 aromatic carbocycles. The summed E-state index contributed by atoms with van der Waals surface area (Å²) in [5.74, 6) is -66.6. The summed E-state index contributed by atoms with van der Waals surface area (Å²) in [6.07, 6.45) is -13.5. The van der Waals surface area contributed by atoms with Gasteiger partial charge >= 0.3 is 12.2 Å². The molecule has 25 heteroatoms. The van der Waals surface area contributed by atoms with Gasteiger partial charge in [0.1, 0.15) is 5.71 Å². The molecule has 0 aromatic heterocycles. The van der Waals surface area contributed by atoms with Crippen LogP contribution in [0.5, 0.6) is 0 Å². The first-order chi connectivity index (χ1) is 24.2. The van der Waals surface area contributed by atoms with E-state index in [0.717, 1.165) is 0 Å². The molecule has 0 bridgehead atoms. The van der Waals surface area contributed by atoms with Crippen LogP contribution in [-0.4, -0.2) is 17.9 Å². The van der Waals surface area contributed by atoms with E-state index >= 15 is 35.1 Å². The Balaban J connectivity index is 2.13. The molecule has 1 atom stereocenters. The SMILES string of the molecule is Fc1c(F)c(F)c(C2=NC(c3c(F)c(F)c(F)c(F)c3F)(c3c(F)c(F)c(-c4c(F)c(F)c(F)c(F)c4F)c(F)c3F)C(F)(F)OC2(F)F)c(F)c1F. The number of nitrogens with zero attached hydrogens (tertiary/aromatic N) is 1. The fourth-order valence-corrected chi connectivity index (χ4v) is 5.04. The highest BCUT2D eigenvalue weighted by Gasteiger charge is 2.72.